The average molecular weight is 301 g/mol. The molecule has 1 aromatic rings. The highest BCUT2D eigenvalue weighted by Crippen LogP contribution is 2.23. The van der Waals surface area contributed by atoms with E-state index in [0.717, 1.165) is 22.3 Å². The topological polar surface area (TPSA) is 45.2 Å². The number of nitrogens with one attached hydrogen (secondary N) is 1. The van der Waals surface area contributed by atoms with E-state index in [4.69, 9.17) is 0 Å². The fraction of sp³-hybridized carbons (Fsp3) is 0.615. The first-order valence-electron chi connectivity index (χ1n) is 5.82. The van der Waals surface area contributed by atoms with Gasteiger partial charge in [-0.25, -0.2) is 4.98 Å². The second-order valence-electron chi connectivity index (χ2n) is 5.64. The zero-order chi connectivity index (χ0) is 13.1. The number of hydrogen-bond donors (Lipinski definition) is 2. The summed E-state index contributed by atoms with van der Waals surface area (Å²) >= 11 is 3.45. The lowest BCUT2D eigenvalue weighted by Gasteiger charge is -2.22. The van der Waals surface area contributed by atoms with Gasteiger partial charge in [0, 0.05) is 12.7 Å². The number of aromatic nitrogens is 1. The molecule has 0 radical (unpaired) electrons. The van der Waals surface area contributed by atoms with E-state index in [0.29, 0.717) is 6.54 Å². The molecule has 3 nitrogen and oxygen atoms in total. The van der Waals surface area contributed by atoms with Gasteiger partial charge in [-0.1, -0.05) is 20.8 Å². The minimum Gasteiger partial charge on any atom is -0.391 e. The minimum atomic E-state index is -0.356. The maximum atomic E-state index is 9.89. The monoisotopic (exact) mass is 300 g/mol. The summed E-state index contributed by atoms with van der Waals surface area (Å²) in [4.78, 5) is 4.28. The molecule has 1 heterocycles. The highest BCUT2D eigenvalue weighted by Gasteiger charge is 2.16. The SMILES string of the molecule is Cc1cnc(NCC(O)CC(C)(C)C)c(Br)c1. The maximum absolute atomic E-state index is 9.89. The lowest BCUT2D eigenvalue weighted by atomic mass is 9.89. The van der Waals surface area contributed by atoms with E-state index >= 15 is 0 Å². The Kier molecular flexibility index (Phi) is 4.95. The van der Waals surface area contributed by atoms with Crippen LogP contribution in [-0.2, 0) is 0 Å². The van der Waals surface area contributed by atoms with Crippen molar-refractivity contribution in [1.82, 2.24) is 4.98 Å². The third-order valence-corrected chi connectivity index (χ3v) is 2.94. The largest absolute Gasteiger partial charge is 0.391 e. The van der Waals surface area contributed by atoms with Gasteiger partial charge in [0.2, 0.25) is 0 Å². The van der Waals surface area contributed by atoms with Crippen LogP contribution in [0.4, 0.5) is 5.82 Å². The molecule has 1 atom stereocenters. The molecule has 1 rings (SSSR count). The normalized spacial score (nSPS) is 13.5. The first-order chi connectivity index (χ1) is 7.78. The number of aryl methyl sites for hydroxylation is 1. The number of aliphatic hydroxyl groups is 1. The number of anilines is 1. The first-order valence-corrected chi connectivity index (χ1v) is 6.61. The standard InChI is InChI=1S/C13H21BrN2O/c1-9-5-11(14)12(15-7-9)16-8-10(17)6-13(2,3)4/h5,7,10,17H,6,8H2,1-4H3,(H,15,16). The summed E-state index contributed by atoms with van der Waals surface area (Å²) in [5.74, 6) is 0.781. The Morgan fingerprint density at radius 1 is 1.47 bits per heavy atom. The number of rotatable bonds is 4. The van der Waals surface area contributed by atoms with Crippen molar-refractivity contribution in [3.05, 3.63) is 22.3 Å². The van der Waals surface area contributed by atoms with E-state index in [1.54, 1.807) is 0 Å². The van der Waals surface area contributed by atoms with Crippen molar-refractivity contribution in [3.63, 3.8) is 0 Å². The summed E-state index contributed by atoms with van der Waals surface area (Å²) in [6, 6.07) is 2.01. The molecule has 2 N–H and O–H groups in total. The number of aliphatic hydroxyl groups excluding tert-OH is 1. The van der Waals surface area contributed by atoms with E-state index < -0.39 is 0 Å². The van der Waals surface area contributed by atoms with Crippen molar-refractivity contribution in [1.29, 1.82) is 0 Å². The summed E-state index contributed by atoms with van der Waals surface area (Å²) in [5, 5.41) is 13.0. The van der Waals surface area contributed by atoms with Gasteiger partial charge in [-0.05, 0) is 46.3 Å². The molecule has 96 valence electrons. The quantitative estimate of drug-likeness (QED) is 0.896. The molecule has 4 heteroatoms. The van der Waals surface area contributed by atoms with Gasteiger partial charge in [-0.3, -0.25) is 0 Å². The van der Waals surface area contributed by atoms with Crippen molar-refractivity contribution in [2.24, 2.45) is 5.41 Å². The van der Waals surface area contributed by atoms with Crippen molar-refractivity contribution in [2.45, 2.75) is 40.2 Å². The molecule has 0 fully saturated rings. The van der Waals surface area contributed by atoms with Crippen LogP contribution in [0.1, 0.15) is 32.8 Å². The molecule has 0 aromatic carbocycles. The van der Waals surface area contributed by atoms with Crippen LogP contribution < -0.4 is 5.32 Å². The van der Waals surface area contributed by atoms with Gasteiger partial charge in [-0.15, -0.1) is 0 Å². The van der Waals surface area contributed by atoms with Gasteiger partial charge in [0.05, 0.1) is 10.6 Å². The third kappa shape index (κ3) is 5.50. The van der Waals surface area contributed by atoms with E-state index in [1.165, 1.54) is 0 Å². The first kappa shape index (κ1) is 14.5. The highest BCUT2D eigenvalue weighted by atomic mass is 79.9. The van der Waals surface area contributed by atoms with Gasteiger partial charge in [-0.2, -0.15) is 0 Å². The Hall–Kier alpha value is -0.610. The van der Waals surface area contributed by atoms with E-state index in [2.05, 4.69) is 47.0 Å². The zero-order valence-corrected chi connectivity index (χ0v) is 12.5. The Labute approximate surface area is 112 Å². The molecule has 0 saturated heterocycles. The summed E-state index contributed by atoms with van der Waals surface area (Å²) < 4.78 is 0.931. The molecule has 0 spiro atoms. The van der Waals surface area contributed by atoms with Gasteiger partial charge in [0.1, 0.15) is 5.82 Å². The highest BCUT2D eigenvalue weighted by molar-refractivity contribution is 9.10. The summed E-state index contributed by atoms with van der Waals surface area (Å²) in [7, 11) is 0. The van der Waals surface area contributed by atoms with Crippen molar-refractivity contribution in [3.8, 4) is 0 Å². The fourth-order valence-corrected chi connectivity index (χ4v) is 2.26. The zero-order valence-electron chi connectivity index (χ0n) is 10.9. The average Bonchev–Trinajstić information content (AvgIpc) is 2.13. The predicted molar refractivity (Wildman–Crippen MR) is 75.2 cm³/mol. The summed E-state index contributed by atoms with van der Waals surface area (Å²) in [6.07, 6.45) is 2.22. The van der Waals surface area contributed by atoms with E-state index in [9.17, 15) is 5.11 Å². The Balaban J connectivity index is 2.50. The smallest absolute Gasteiger partial charge is 0.140 e. The predicted octanol–water partition coefficient (Wildman–Crippen LogP) is 3.36. The number of halogens is 1. The van der Waals surface area contributed by atoms with Crippen molar-refractivity contribution < 1.29 is 5.11 Å². The molecule has 0 bridgehead atoms. The summed E-state index contributed by atoms with van der Waals surface area (Å²) in [5.41, 5.74) is 1.25. The van der Waals surface area contributed by atoms with Gasteiger partial charge < -0.3 is 10.4 Å². The minimum absolute atomic E-state index is 0.138. The number of hydrogen-bond acceptors (Lipinski definition) is 3. The van der Waals surface area contributed by atoms with Crippen molar-refractivity contribution >= 4 is 21.7 Å². The molecule has 17 heavy (non-hydrogen) atoms. The second kappa shape index (κ2) is 5.83. The van der Waals surface area contributed by atoms with E-state index in [1.807, 2.05) is 19.2 Å². The molecule has 1 unspecified atom stereocenters. The van der Waals surface area contributed by atoms with Crippen LogP contribution in [0.5, 0.6) is 0 Å². The van der Waals surface area contributed by atoms with Crippen LogP contribution in [-0.4, -0.2) is 22.7 Å². The number of pyridine rings is 1. The van der Waals surface area contributed by atoms with Crippen LogP contribution in [0.15, 0.2) is 16.7 Å². The second-order valence-corrected chi connectivity index (χ2v) is 6.50. The summed E-state index contributed by atoms with van der Waals surface area (Å²) in [6.45, 7) is 8.88. The van der Waals surface area contributed by atoms with Crippen LogP contribution in [0.2, 0.25) is 0 Å². The van der Waals surface area contributed by atoms with E-state index in [-0.39, 0.29) is 11.5 Å². The van der Waals surface area contributed by atoms with Crippen LogP contribution >= 0.6 is 15.9 Å². The molecule has 1 aromatic heterocycles. The Morgan fingerprint density at radius 2 is 2.12 bits per heavy atom. The molecule has 0 aliphatic carbocycles. The molecule has 0 saturated carbocycles. The Morgan fingerprint density at radius 3 is 2.65 bits per heavy atom. The van der Waals surface area contributed by atoms with Crippen LogP contribution in [0.3, 0.4) is 0 Å². The molecule has 0 aliphatic heterocycles. The van der Waals surface area contributed by atoms with Crippen molar-refractivity contribution in [2.75, 3.05) is 11.9 Å². The molecule has 0 amide bonds. The van der Waals surface area contributed by atoms with Gasteiger partial charge >= 0.3 is 0 Å². The van der Waals surface area contributed by atoms with Crippen LogP contribution in [0.25, 0.3) is 0 Å². The Bertz CT molecular complexity index is 374. The van der Waals surface area contributed by atoms with Gasteiger partial charge in [0.15, 0.2) is 0 Å². The lowest BCUT2D eigenvalue weighted by molar-refractivity contribution is 0.132. The van der Waals surface area contributed by atoms with Gasteiger partial charge in [0.25, 0.3) is 0 Å². The fourth-order valence-electron chi connectivity index (χ4n) is 1.66. The molecular formula is C13H21BrN2O. The third-order valence-electron chi connectivity index (χ3n) is 2.33. The molecule has 0 aliphatic rings. The lowest BCUT2D eigenvalue weighted by Crippen LogP contribution is -2.25. The maximum Gasteiger partial charge on any atom is 0.140 e. The van der Waals surface area contributed by atoms with Crippen LogP contribution in [0, 0.1) is 12.3 Å². The number of nitrogens with zero attached hydrogens (tertiary/aromatic N) is 1. The molecular weight excluding hydrogens is 280 g/mol.